The molecular formula is C16H20N4O6S. The van der Waals surface area contributed by atoms with E-state index in [-0.39, 0.29) is 16.6 Å². The molecule has 11 heteroatoms. The molecule has 0 unspecified atom stereocenters. The van der Waals surface area contributed by atoms with E-state index < -0.39 is 10.1 Å². The molecule has 27 heavy (non-hydrogen) atoms. The monoisotopic (exact) mass is 396 g/mol. The number of aryl methyl sites for hydroxylation is 1. The van der Waals surface area contributed by atoms with Gasteiger partial charge in [0, 0.05) is 0 Å². The van der Waals surface area contributed by atoms with Crippen molar-refractivity contribution in [3.63, 3.8) is 0 Å². The lowest BCUT2D eigenvalue weighted by Gasteiger charge is -2.02. The Bertz CT molecular complexity index is 911. The molecule has 10 nitrogen and oxygen atoms in total. The second-order valence-electron chi connectivity index (χ2n) is 5.06. The molecule has 146 valence electrons. The molecule has 0 amide bonds. The molecule has 0 bridgehead atoms. The van der Waals surface area contributed by atoms with E-state index in [2.05, 4.69) is 10.2 Å². The lowest BCUT2D eigenvalue weighted by molar-refractivity contribution is 0.232. The fourth-order valence-electron chi connectivity index (χ4n) is 1.68. The number of methoxy groups -OCH3 is 1. The summed E-state index contributed by atoms with van der Waals surface area (Å²) in [7, 11) is -2.56. The van der Waals surface area contributed by atoms with Crippen molar-refractivity contribution in [2.75, 3.05) is 7.11 Å². The number of benzene rings is 2. The first kappa shape index (κ1) is 21.9. The average molecular weight is 396 g/mol. The third-order valence-corrected chi connectivity index (χ3v) is 3.88. The van der Waals surface area contributed by atoms with Crippen LogP contribution in [0.25, 0.3) is 0 Å². The fourth-order valence-corrected chi connectivity index (χ4v) is 2.16. The van der Waals surface area contributed by atoms with E-state index in [4.69, 9.17) is 20.2 Å². The Kier molecular flexibility index (Phi) is 8.20. The van der Waals surface area contributed by atoms with Crippen LogP contribution < -0.4 is 16.0 Å². The van der Waals surface area contributed by atoms with Crippen LogP contribution in [0, 0.1) is 6.92 Å². The van der Waals surface area contributed by atoms with Crippen LogP contribution in [0.15, 0.2) is 57.6 Å². The molecule has 0 fully saturated rings. The Balaban J connectivity index is 0.000000289. The molecule has 0 aliphatic heterocycles. The Labute approximate surface area is 156 Å². The molecule has 0 saturated carbocycles. The van der Waals surface area contributed by atoms with Crippen LogP contribution in [0.3, 0.4) is 0 Å². The van der Waals surface area contributed by atoms with Crippen molar-refractivity contribution in [3.05, 3.63) is 53.6 Å². The highest BCUT2D eigenvalue weighted by Gasteiger charge is 2.06. The summed E-state index contributed by atoms with van der Waals surface area (Å²) >= 11 is 0. The van der Waals surface area contributed by atoms with Crippen molar-refractivity contribution in [1.82, 2.24) is 5.48 Å². The van der Waals surface area contributed by atoms with E-state index >= 15 is 0 Å². The topological polar surface area (TPSA) is 167 Å². The average Bonchev–Trinajstić information content (AvgIpc) is 2.62. The smallest absolute Gasteiger partial charge is 0.294 e. The largest absolute Gasteiger partial charge is 0.504 e. The summed E-state index contributed by atoms with van der Waals surface area (Å²) in [5.41, 5.74) is 8.32. The fraction of sp³-hybridized carbons (Fsp3) is 0.125. The number of guanidine groups is 1. The number of rotatable bonds is 4. The Morgan fingerprint density at radius 1 is 1.22 bits per heavy atom. The molecule has 0 atom stereocenters. The third-order valence-electron chi connectivity index (χ3n) is 3.01. The van der Waals surface area contributed by atoms with Gasteiger partial charge in [0.1, 0.15) is 0 Å². The molecule has 6 N–H and O–H groups in total. The van der Waals surface area contributed by atoms with Crippen LogP contribution in [-0.2, 0) is 10.1 Å². The van der Waals surface area contributed by atoms with E-state index in [1.54, 1.807) is 29.7 Å². The summed E-state index contributed by atoms with van der Waals surface area (Å²) in [6.45, 7) is 1.84. The molecule has 2 aromatic rings. The van der Waals surface area contributed by atoms with Crippen LogP contribution >= 0.6 is 0 Å². The van der Waals surface area contributed by atoms with Gasteiger partial charge in [-0.05, 0) is 42.8 Å². The number of hydrogen-bond donors (Lipinski definition) is 5. The number of aromatic hydroxyl groups is 1. The normalized spacial score (nSPS) is 11.6. The zero-order valence-corrected chi connectivity index (χ0v) is 15.4. The Hall–Kier alpha value is -3.15. The predicted molar refractivity (Wildman–Crippen MR) is 99.8 cm³/mol. The molecule has 0 aliphatic carbocycles. The molecular weight excluding hydrogens is 376 g/mol. The minimum Gasteiger partial charge on any atom is -0.504 e. The lowest BCUT2D eigenvalue weighted by Crippen LogP contribution is -2.27. The van der Waals surface area contributed by atoms with Gasteiger partial charge in [-0.15, -0.1) is 5.10 Å². The summed E-state index contributed by atoms with van der Waals surface area (Å²) in [5, 5.41) is 24.7. The van der Waals surface area contributed by atoms with Crippen LogP contribution in [0.4, 0.5) is 0 Å². The van der Waals surface area contributed by atoms with Gasteiger partial charge >= 0.3 is 0 Å². The van der Waals surface area contributed by atoms with Crippen molar-refractivity contribution in [1.29, 1.82) is 0 Å². The van der Waals surface area contributed by atoms with Gasteiger partial charge in [-0.2, -0.15) is 13.5 Å². The van der Waals surface area contributed by atoms with E-state index in [0.717, 1.165) is 5.56 Å². The molecule has 2 rings (SSSR count). The molecule has 0 radical (unpaired) electrons. The van der Waals surface area contributed by atoms with Gasteiger partial charge in [0.25, 0.3) is 10.1 Å². The molecule has 2 aromatic carbocycles. The highest BCUT2D eigenvalue weighted by Crippen LogP contribution is 2.25. The molecule has 0 saturated heterocycles. The molecule has 0 aromatic heterocycles. The van der Waals surface area contributed by atoms with Crippen molar-refractivity contribution < 1.29 is 28.0 Å². The second-order valence-corrected chi connectivity index (χ2v) is 6.48. The highest BCUT2D eigenvalue weighted by atomic mass is 32.2. The van der Waals surface area contributed by atoms with Gasteiger partial charge < -0.3 is 15.6 Å². The van der Waals surface area contributed by atoms with Crippen LogP contribution in [0.2, 0.25) is 0 Å². The van der Waals surface area contributed by atoms with E-state index in [0.29, 0.717) is 11.3 Å². The molecule has 0 aliphatic rings. The number of nitrogens with zero attached hydrogens (tertiary/aromatic N) is 2. The van der Waals surface area contributed by atoms with Crippen LogP contribution in [-0.4, -0.2) is 42.6 Å². The Morgan fingerprint density at radius 3 is 2.33 bits per heavy atom. The SMILES string of the molecule is COc1ccc(/C=N/N=C(N)NO)cc1O.Cc1ccc(S(=O)(=O)O)cc1. The Morgan fingerprint density at radius 2 is 1.85 bits per heavy atom. The van der Waals surface area contributed by atoms with Crippen LogP contribution in [0.5, 0.6) is 11.5 Å². The van der Waals surface area contributed by atoms with E-state index in [1.165, 1.54) is 31.5 Å². The third kappa shape index (κ3) is 7.73. The number of hydroxylamine groups is 1. The predicted octanol–water partition coefficient (Wildman–Crippen LogP) is 1.27. The first-order valence-electron chi connectivity index (χ1n) is 7.35. The minimum atomic E-state index is -4.02. The summed E-state index contributed by atoms with van der Waals surface area (Å²) in [6, 6.07) is 10.7. The zero-order valence-electron chi connectivity index (χ0n) is 14.6. The van der Waals surface area contributed by atoms with Crippen molar-refractivity contribution >= 4 is 22.3 Å². The van der Waals surface area contributed by atoms with Gasteiger partial charge in [-0.3, -0.25) is 9.76 Å². The highest BCUT2D eigenvalue weighted by molar-refractivity contribution is 7.85. The van der Waals surface area contributed by atoms with Crippen molar-refractivity contribution in [2.24, 2.45) is 15.9 Å². The summed E-state index contributed by atoms with van der Waals surface area (Å²) in [4.78, 5) is -0.0666. The number of hydrogen-bond acceptors (Lipinski definition) is 7. The zero-order chi connectivity index (χ0) is 20.4. The minimum absolute atomic E-state index is 0.00341. The second kappa shape index (κ2) is 10.1. The van der Waals surface area contributed by atoms with E-state index in [9.17, 15) is 13.5 Å². The molecule has 0 heterocycles. The summed E-state index contributed by atoms with van der Waals surface area (Å²) < 4.78 is 34.4. The maximum atomic E-state index is 10.5. The molecule has 0 spiro atoms. The first-order valence-corrected chi connectivity index (χ1v) is 8.79. The van der Waals surface area contributed by atoms with Gasteiger partial charge in [0.05, 0.1) is 18.2 Å². The van der Waals surface area contributed by atoms with Crippen molar-refractivity contribution in [2.45, 2.75) is 11.8 Å². The summed E-state index contributed by atoms with van der Waals surface area (Å²) in [5.74, 6) is 0.148. The van der Waals surface area contributed by atoms with Crippen LogP contribution in [0.1, 0.15) is 11.1 Å². The first-order chi connectivity index (χ1) is 12.7. The lowest BCUT2D eigenvalue weighted by atomic mass is 10.2. The van der Waals surface area contributed by atoms with Crippen molar-refractivity contribution in [3.8, 4) is 11.5 Å². The van der Waals surface area contributed by atoms with Gasteiger partial charge in [0.15, 0.2) is 11.5 Å². The quantitative estimate of drug-likeness (QED) is 0.223. The van der Waals surface area contributed by atoms with Gasteiger partial charge in [0.2, 0.25) is 5.96 Å². The number of nitrogens with two attached hydrogens (primary N) is 1. The number of nitrogens with one attached hydrogen (secondary N) is 1. The maximum Gasteiger partial charge on any atom is 0.294 e. The summed E-state index contributed by atoms with van der Waals surface area (Å²) in [6.07, 6.45) is 1.36. The standard InChI is InChI=1S/C9H12N4O3.C7H8O3S/c1-16-8-3-2-6(4-7(8)14)5-11-12-9(10)13-15;1-6-2-4-7(5-3-6)11(8,9)10/h2-5,14-15H,1H3,(H3,10,12,13);2-5H,1H3,(H,8,9,10)/b11-5+;. The number of ether oxygens (including phenoxy) is 1. The van der Waals surface area contributed by atoms with E-state index in [1.807, 2.05) is 6.92 Å². The number of phenolic OH excluding ortho intramolecular Hbond substituents is 1. The number of phenols is 1. The van der Waals surface area contributed by atoms with Gasteiger partial charge in [-0.25, -0.2) is 5.48 Å². The maximum absolute atomic E-state index is 10.5. The van der Waals surface area contributed by atoms with Gasteiger partial charge in [-0.1, -0.05) is 17.7 Å².